The van der Waals surface area contributed by atoms with Gasteiger partial charge in [-0.05, 0) is 89.5 Å². The number of para-hydroxylation sites is 1. The van der Waals surface area contributed by atoms with E-state index in [-0.39, 0.29) is 0 Å². The third-order valence-electron chi connectivity index (χ3n) is 10.3. The molecule has 0 fully saturated rings. The molecule has 10 rings (SSSR count). The van der Waals surface area contributed by atoms with Crippen LogP contribution < -0.4 is 15.5 Å². The van der Waals surface area contributed by atoms with Gasteiger partial charge in [0.1, 0.15) is 11.0 Å². The quantitative estimate of drug-likeness (QED) is 0.167. The zero-order valence-electron chi connectivity index (χ0n) is 29.6. The van der Waals surface area contributed by atoms with E-state index in [0.717, 1.165) is 91.0 Å². The van der Waals surface area contributed by atoms with Crippen LogP contribution in [0.1, 0.15) is 18.5 Å². The molecule has 2 aromatic heterocycles. The lowest BCUT2D eigenvalue weighted by atomic mass is 9.96. The second-order valence-electron chi connectivity index (χ2n) is 13.7. The standard InChI is InChI=1S/C50H35N3O/c1-4-16-35(17-5-1)44-33-45(52-50(51-44)36-18-6-2-7-19-36)42-26-14-28-47-49(42)43-30-29-38(32-48(43)54-47)37-21-12-24-40(31-37)53(39-22-8-3-9-23-39)46-27-13-20-34-15-10-11-25-41(34)46/h1-13,15-25,27-33H,14,26H2. The SMILES string of the molecule is C1=c2oc3cc(-c4cccc(N(c5ccccc5)c5cccc6ccccc56)c4)ccc3c2=C(c2cc(-c3ccccc3)nc(-c3ccccc3)n2)CC1. The van der Waals surface area contributed by atoms with E-state index in [4.69, 9.17) is 14.4 Å². The highest BCUT2D eigenvalue weighted by molar-refractivity contribution is 5.99. The highest BCUT2D eigenvalue weighted by atomic mass is 16.3. The molecule has 0 saturated carbocycles. The lowest BCUT2D eigenvalue weighted by molar-refractivity contribution is 0.571. The van der Waals surface area contributed by atoms with Gasteiger partial charge in [0.05, 0.1) is 17.1 Å². The van der Waals surface area contributed by atoms with Gasteiger partial charge in [-0.1, -0.05) is 133 Å². The molecule has 2 heterocycles. The maximum absolute atomic E-state index is 6.67. The highest BCUT2D eigenvalue weighted by Crippen LogP contribution is 2.40. The minimum Gasteiger partial charge on any atom is -0.456 e. The summed E-state index contributed by atoms with van der Waals surface area (Å²) in [4.78, 5) is 12.6. The molecule has 0 atom stereocenters. The molecule has 0 aliphatic heterocycles. The summed E-state index contributed by atoms with van der Waals surface area (Å²) in [6, 6.07) is 63.8. The van der Waals surface area contributed by atoms with Gasteiger partial charge in [-0.3, -0.25) is 0 Å². The van der Waals surface area contributed by atoms with Crippen molar-refractivity contribution < 1.29 is 4.42 Å². The predicted octanol–water partition coefficient (Wildman–Crippen LogP) is 11.6. The maximum Gasteiger partial charge on any atom is 0.160 e. The van der Waals surface area contributed by atoms with E-state index in [1.165, 1.54) is 16.3 Å². The number of nitrogens with zero attached hydrogens (tertiary/aromatic N) is 3. The smallest absolute Gasteiger partial charge is 0.160 e. The molecule has 4 heteroatoms. The second-order valence-corrected chi connectivity index (χ2v) is 13.7. The van der Waals surface area contributed by atoms with Crippen molar-refractivity contribution >= 4 is 50.5 Å². The van der Waals surface area contributed by atoms with Crippen molar-refractivity contribution in [3.05, 3.63) is 198 Å². The Labute approximate surface area is 313 Å². The molecule has 1 aliphatic carbocycles. The molecule has 0 radical (unpaired) electrons. The van der Waals surface area contributed by atoms with Crippen LogP contribution >= 0.6 is 0 Å². The monoisotopic (exact) mass is 693 g/mol. The van der Waals surface area contributed by atoms with Crippen molar-refractivity contribution in [2.45, 2.75) is 12.8 Å². The zero-order valence-corrected chi connectivity index (χ0v) is 29.6. The molecular formula is C50H35N3O. The Morgan fingerprint density at radius 2 is 1.13 bits per heavy atom. The van der Waals surface area contributed by atoms with Crippen LogP contribution in [0.15, 0.2) is 186 Å². The first kappa shape index (κ1) is 31.7. The van der Waals surface area contributed by atoms with E-state index < -0.39 is 0 Å². The number of fused-ring (bicyclic) bond motifs is 4. The van der Waals surface area contributed by atoms with E-state index in [1.54, 1.807) is 0 Å². The number of hydrogen-bond acceptors (Lipinski definition) is 4. The van der Waals surface area contributed by atoms with Gasteiger partial charge in [-0.25, -0.2) is 9.97 Å². The lowest BCUT2D eigenvalue weighted by Crippen LogP contribution is -2.27. The highest BCUT2D eigenvalue weighted by Gasteiger charge is 2.19. The number of hydrogen-bond donors (Lipinski definition) is 0. The van der Waals surface area contributed by atoms with Crippen molar-refractivity contribution in [1.82, 2.24) is 9.97 Å². The summed E-state index contributed by atoms with van der Waals surface area (Å²) in [5.74, 6) is 0.721. The summed E-state index contributed by atoms with van der Waals surface area (Å²) < 4.78 is 6.67. The summed E-state index contributed by atoms with van der Waals surface area (Å²) >= 11 is 0. The Balaban J connectivity index is 1.10. The molecule has 9 aromatic rings. The topological polar surface area (TPSA) is 42.2 Å². The Morgan fingerprint density at radius 3 is 1.96 bits per heavy atom. The van der Waals surface area contributed by atoms with Crippen LogP contribution in [0.25, 0.3) is 67.2 Å². The predicted molar refractivity (Wildman–Crippen MR) is 222 cm³/mol. The average molecular weight is 694 g/mol. The first-order valence-corrected chi connectivity index (χ1v) is 18.5. The van der Waals surface area contributed by atoms with Crippen LogP contribution in [0.2, 0.25) is 0 Å². The molecule has 0 amide bonds. The van der Waals surface area contributed by atoms with Gasteiger partial charge in [-0.2, -0.15) is 0 Å². The Morgan fingerprint density at radius 1 is 0.481 bits per heavy atom. The van der Waals surface area contributed by atoms with Gasteiger partial charge >= 0.3 is 0 Å². The van der Waals surface area contributed by atoms with Crippen LogP contribution in [0.5, 0.6) is 0 Å². The Hall–Kier alpha value is -7.04. The van der Waals surface area contributed by atoms with Crippen molar-refractivity contribution in [3.8, 4) is 33.8 Å². The molecule has 0 saturated heterocycles. The van der Waals surface area contributed by atoms with E-state index >= 15 is 0 Å². The van der Waals surface area contributed by atoms with Gasteiger partial charge in [0.15, 0.2) is 5.82 Å². The molecule has 54 heavy (non-hydrogen) atoms. The molecule has 1 aliphatic rings. The van der Waals surface area contributed by atoms with Crippen molar-refractivity contribution in [2.24, 2.45) is 0 Å². The molecule has 256 valence electrons. The van der Waals surface area contributed by atoms with Crippen LogP contribution in [0, 0.1) is 0 Å². The van der Waals surface area contributed by atoms with Gasteiger partial charge in [0.25, 0.3) is 0 Å². The third-order valence-corrected chi connectivity index (χ3v) is 10.3. The lowest BCUT2D eigenvalue weighted by Gasteiger charge is -2.27. The van der Waals surface area contributed by atoms with E-state index in [1.807, 2.05) is 24.3 Å². The minimum absolute atomic E-state index is 0.721. The van der Waals surface area contributed by atoms with Crippen molar-refractivity contribution in [3.63, 3.8) is 0 Å². The van der Waals surface area contributed by atoms with Crippen LogP contribution in [0.3, 0.4) is 0 Å². The molecule has 4 nitrogen and oxygen atoms in total. The summed E-state index contributed by atoms with van der Waals surface area (Å²) in [5, 5.41) is 4.63. The summed E-state index contributed by atoms with van der Waals surface area (Å²) in [6.07, 6.45) is 3.97. The van der Waals surface area contributed by atoms with Crippen LogP contribution in [0.4, 0.5) is 17.1 Å². The normalized spacial score (nSPS) is 12.4. The third kappa shape index (κ3) is 5.75. The van der Waals surface area contributed by atoms with Gasteiger partial charge in [-0.15, -0.1) is 0 Å². The van der Waals surface area contributed by atoms with E-state index in [9.17, 15) is 0 Å². The van der Waals surface area contributed by atoms with Gasteiger partial charge < -0.3 is 9.32 Å². The Bertz CT molecular complexity index is 2870. The van der Waals surface area contributed by atoms with Crippen molar-refractivity contribution in [2.75, 3.05) is 4.90 Å². The average Bonchev–Trinajstić information content (AvgIpc) is 3.63. The maximum atomic E-state index is 6.67. The fourth-order valence-electron chi connectivity index (χ4n) is 7.79. The van der Waals surface area contributed by atoms with Gasteiger partial charge in [0.2, 0.25) is 0 Å². The number of benzene rings is 7. The van der Waals surface area contributed by atoms with Gasteiger partial charge in [0, 0.05) is 38.5 Å². The Kier molecular flexibility index (Phi) is 7.92. The fourth-order valence-corrected chi connectivity index (χ4v) is 7.79. The first-order valence-electron chi connectivity index (χ1n) is 18.5. The zero-order chi connectivity index (χ0) is 35.8. The summed E-state index contributed by atoms with van der Waals surface area (Å²) in [5.41, 5.74) is 12.4. The molecule has 0 spiro atoms. The molecule has 0 unspecified atom stereocenters. The number of rotatable bonds is 7. The molecule has 0 bridgehead atoms. The van der Waals surface area contributed by atoms with E-state index in [2.05, 4.69) is 169 Å². The van der Waals surface area contributed by atoms with E-state index in [0.29, 0.717) is 0 Å². The van der Waals surface area contributed by atoms with Crippen LogP contribution in [-0.4, -0.2) is 9.97 Å². The molecule has 0 N–H and O–H groups in total. The molecule has 7 aromatic carbocycles. The second kappa shape index (κ2) is 13.5. The largest absolute Gasteiger partial charge is 0.456 e. The minimum atomic E-state index is 0.721. The molecular weight excluding hydrogens is 659 g/mol. The van der Waals surface area contributed by atoms with Crippen molar-refractivity contribution in [1.29, 1.82) is 0 Å². The number of aromatic nitrogens is 2. The summed E-state index contributed by atoms with van der Waals surface area (Å²) in [6.45, 7) is 0. The number of anilines is 3. The number of furan rings is 1. The summed E-state index contributed by atoms with van der Waals surface area (Å²) in [7, 11) is 0. The first-order chi connectivity index (χ1) is 26.8. The van der Waals surface area contributed by atoms with Crippen LogP contribution in [-0.2, 0) is 0 Å². The fraction of sp³-hybridized carbons (Fsp3) is 0.0400.